The van der Waals surface area contributed by atoms with Crippen molar-refractivity contribution in [3.8, 4) is 0 Å². The monoisotopic (exact) mass is 499 g/mol. The van der Waals surface area contributed by atoms with E-state index in [1.54, 1.807) is 23.9 Å². The average molecular weight is 500 g/mol. The van der Waals surface area contributed by atoms with Gasteiger partial charge >= 0.3 is 0 Å². The van der Waals surface area contributed by atoms with Crippen LogP contribution in [0.4, 0.5) is 10.1 Å². The van der Waals surface area contributed by atoms with E-state index in [0.717, 1.165) is 60.4 Å². The summed E-state index contributed by atoms with van der Waals surface area (Å²) in [5.41, 5.74) is 3.72. The fraction of sp³-hybridized carbons (Fsp3) is 0.519. The lowest BCUT2D eigenvalue weighted by Gasteiger charge is -2.29. The number of rotatable bonds is 6. The first-order valence-corrected chi connectivity index (χ1v) is 13.1. The predicted octanol–water partition coefficient (Wildman–Crippen LogP) is 6.18. The largest absolute Gasteiger partial charge is 0.441 e. The summed E-state index contributed by atoms with van der Waals surface area (Å²) >= 11 is 1.70. The van der Waals surface area contributed by atoms with E-state index in [9.17, 15) is 4.39 Å². The molecule has 35 heavy (non-hydrogen) atoms. The SMILES string of the molecule is C.C=C1C(SCCCN2C[C@H]3N(c4ccc(F)cc4)CC[C@@]3(C)C2)=NN=C1c1ocnc1C.CC. The molecule has 0 unspecified atom stereocenters. The second-order valence-corrected chi connectivity index (χ2v) is 10.2. The Morgan fingerprint density at radius 3 is 2.66 bits per heavy atom. The van der Waals surface area contributed by atoms with Crippen LogP contribution in [0.5, 0.6) is 0 Å². The Labute approximate surface area is 213 Å². The lowest BCUT2D eigenvalue weighted by Crippen LogP contribution is -2.37. The second kappa shape index (κ2) is 11.5. The zero-order valence-electron chi connectivity index (χ0n) is 20.6. The van der Waals surface area contributed by atoms with Gasteiger partial charge in [-0.3, -0.25) is 0 Å². The minimum atomic E-state index is -0.177. The third-order valence-electron chi connectivity index (χ3n) is 6.88. The van der Waals surface area contributed by atoms with E-state index < -0.39 is 0 Å². The molecule has 2 atom stereocenters. The van der Waals surface area contributed by atoms with Crippen molar-refractivity contribution in [2.24, 2.45) is 15.6 Å². The number of aromatic nitrogens is 1. The van der Waals surface area contributed by atoms with Gasteiger partial charge in [0.25, 0.3) is 0 Å². The number of thioether (sulfide) groups is 1. The maximum absolute atomic E-state index is 13.3. The molecule has 4 heterocycles. The number of hydrogen-bond donors (Lipinski definition) is 0. The molecule has 2 fully saturated rings. The average Bonchev–Trinajstić information content (AvgIpc) is 3.57. The van der Waals surface area contributed by atoms with Crippen molar-refractivity contribution in [2.45, 2.75) is 54.0 Å². The molecule has 0 radical (unpaired) electrons. The zero-order chi connectivity index (χ0) is 24.3. The van der Waals surface area contributed by atoms with Crippen molar-refractivity contribution >= 4 is 28.2 Å². The van der Waals surface area contributed by atoms with E-state index in [0.29, 0.717) is 22.9 Å². The normalized spacial score (nSPS) is 23.4. The number of nitrogens with zero attached hydrogens (tertiary/aromatic N) is 5. The van der Waals surface area contributed by atoms with E-state index in [-0.39, 0.29) is 13.2 Å². The van der Waals surface area contributed by atoms with Crippen molar-refractivity contribution in [3.05, 3.63) is 60.1 Å². The van der Waals surface area contributed by atoms with E-state index in [1.807, 2.05) is 32.9 Å². The Morgan fingerprint density at radius 1 is 1.23 bits per heavy atom. The third-order valence-corrected chi connectivity index (χ3v) is 7.98. The fourth-order valence-corrected chi connectivity index (χ4v) is 5.95. The molecule has 2 aromatic rings. The van der Waals surface area contributed by atoms with E-state index in [4.69, 9.17) is 4.42 Å². The number of hydrogen-bond acceptors (Lipinski definition) is 7. The Kier molecular flexibility index (Phi) is 8.94. The summed E-state index contributed by atoms with van der Waals surface area (Å²) in [5.74, 6) is 1.44. The molecule has 0 aliphatic carbocycles. The smallest absolute Gasteiger partial charge is 0.181 e. The van der Waals surface area contributed by atoms with Gasteiger partial charge in [-0.05, 0) is 50.6 Å². The van der Waals surface area contributed by atoms with Crippen molar-refractivity contribution in [1.29, 1.82) is 0 Å². The van der Waals surface area contributed by atoms with Gasteiger partial charge in [-0.1, -0.05) is 34.8 Å². The summed E-state index contributed by atoms with van der Waals surface area (Å²) in [6, 6.07) is 7.43. The van der Waals surface area contributed by atoms with Crippen LogP contribution < -0.4 is 4.90 Å². The molecular formula is C27H38FN5OS. The van der Waals surface area contributed by atoms with Crippen LogP contribution in [0.25, 0.3) is 0 Å². The summed E-state index contributed by atoms with van der Waals surface area (Å²) in [6.07, 6.45) is 3.68. The molecule has 0 saturated carbocycles. The van der Waals surface area contributed by atoms with Crippen molar-refractivity contribution < 1.29 is 8.81 Å². The van der Waals surface area contributed by atoms with Gasteiger partial charge in [-0.2, -0.15) is 0 Å². The second-order valence-electron chi connectivity index (χ2n) is 9.13. The number of halogens is 1. The van der Waals surface area contributed by atoms with Crippen LogP contribution in [0.1, 0.15) is 52.5 Å². The van der Waals surface area contributed by atoms with Crippen LogP contribution >= 0.6 is 11.8 Å². The molecule has 1 aromatic carbocycles. The summed E-state index contributed by atoms with van der Waals surface area (Å²) in [6.45, 7) is 16.7. The van der Waals surface area contributed by atoms with Crippen LogP contribution in [-0.4, -0.2) is 58.6 Å². The molecule has 190 valence electrons. The molecule has 2 saturated heterocycles. The van der Waals surface area contributed by atoms with Gasteiger partial charge in [0.2, 0.25) is 0 Å². The fourth-order valence-electron chi connectivity index (χ4n) is 5.11. The van der Waals surface area contributed by atoms with Gasteiger partial charge in [0, 0.05) is 48.1 Å². The van der Waals surface area contributed by atoms with E-state index in [1.165, 1.54) is 12.8 Å². The van der Waals surface area contributed by atoms with Crippen LogP contribution in [-0.2, 0) is 0 Å². The summed E-state index contributed by atoms with van der Waals surface area (Å²) in [5, 5.41) is 9.43. The van der Waals surface area contributed by atoms with Gasteiger partial charge in [0.1, 0.15) is 16.6 Å². The Morgan fingerprint density at radius 2 is 1.97 bits per heavy atom. The maximum Gasteiger partial charge on any atom is 0.181 e. The van der Waals surface area contributed by atoms with Gasteiger partial charge in [0.15, 0.2) is 12.2 Å². The first-order valence-electron chi connectivity index (χ1n) is 12.1. The quantitative estimate of drug-likeness (QED) is 0.444. The number of aryl methyl sites for hydroxylation is 1. The number of anilines is 1. The Bertz CT molecular complexity index is 1080. The molecule has 0 bridgehead atoms. The van der Waals surface area contributed by atoms with Crippen molar-refractivity contribution in [2.75, 3.05) is 36.8 Å². The van der Waals surface area contributed by atoms with Crippen LogP contribution in [0, 0.1) is 18.2 Å². The minimum absolute atomic E-state index is 0. The van der Waals surface area contributed by atoms with Crippen LogP contribution in [0.15, 0.2) is 57.4 Å². The van der Waals surface area contributed by atoms with E-state index in [2.05, 4.69) is 38.5 Å². The molecule has 1 aromatic heterocycles. The van der Waals surface area contributed by atoms with Crippen LogP contribution in [0.3, 0.4) is 0 Å². The number of oxazole rings is 1. The number of fused-ring (bicyclic) bond motifs is 1. The number of likely N-dealkylation sites (tertiary alicyclic amines) is 1. The number of benzene rings is 1. The summed E-state index contributed by atoms with van der Waals surface area (Å²) < 4.78 is 18.8. The third kappa shape index (κ3) is 5.54. The molecule has 6 nitrogen and oxygen atoms in total. The Balaban J connectivity index is 0.00000111. The molecule has 0 N–H and O–H groups in total. The van der Waals surface area contributed by atoms with E-state index >= 15 is 0 Å². The molecular weight excluding hydrogens is 461 g/mol. The molecule has 3 aliphatic heterocycles. The minimum Gasteiger partial charge on any atom is -0.441 e. The standard InChI is InChI=1S/C24H28FN5OS.C2H6.CH4/c1-16-21(22-17(2)26-15-31-22)27-28-23(16)32-12-4-10-29-13-20-24(3,14-29)9-11-30(20)19-7-5-18(25)6-8-19;1-2;/h5-8,15,20H,1,4,9-14H2,2-3H3;1-2H3;1H4/t20-,24+;;/m1../s1. The topological polar surface area (TPSA) is 57.2 Å². The molecule has 8 heteroatoms. The summed E-state index contributed by atoms with van der Waals surface area (Å²) in [4.78, 5) is 9.17. The maximum atomic E-state index is 13.3. The predicted molar refractivity (Wildman–Crippen MR) is 146 cm³/mol. The van der Waals surface area contributed by atoms with Crippen LogP contribution in [0.2, 0.25) is 0 Å². The molecule has 0 amide bonds. The van der Waals surface area contributed by atoms with Crippen molar-refractivity contribution in [3.63, 3.8) is 0 Å². The highest BCUT2D eigenvalue weighted by Gasteiger charge is 2.49. The lowest BCUT2D eigenvalue weighted by molar-refractivity contribution is 0.276. The van der Waals surface area contributed by atoms with Gasteiger partial charge in [-0.15, -0.1) is 22.0 Å². The Hall–Kier alpha value is -2.45. The van der Waals surface area contributed by atoms with Gasteiger partial charge in [0.05, 0.1) is 5.69 Å². The zero-order valence-corrected chi connectivity index (χ0v) is 21.4. The lowest BCUT2D eigenvalue weighted by atomic mass is 9.85. The highest BCUT2D eigenvalue weighted by atomic mass is 32.2. The molecule has 0 spiro atoms. The highest BCUT2D eigenvalue weighted by Crippen LogP contribution is 2.44. The molecule has 5 rings (SSSR count). The first kappa shape index (κ1) is 27.1. The van der Waals surface area contributed by atoms with Gasteiger partial charge in [-0.25, -0.2) is 9.37 Å². The summed E-state index contributed by atoms with van der Waals surface area (Å²) in [7, 11) is 0. The van der Waals surface area contributed by atoms with Crippen molar-refractivity contribution in [1.82, 2.24) is 9.88 Å². The highest BCUT2D eigenvalue weighted by molar-refractivity contribution is 8.14. The van der Waals surface area contributed by atoms with Gasteiger partial charge < -0.3 is 14.2 Å². The first-order chi connectivity index (χ1) is 16.4. The molecule has 3 aliphatic rings.